The van der Waals surface area contributed by atoms with Crippen LogP contribution in [-0.4, -0.2) is 7.05 Å². The van der Waals surface area contributed by atoms with E-state index in [2.05, 4.69) is 38.8 Å². The lowest BCUT2D eigenvalue weighted by molar-refractivity contribution is 0.497. The largest absolute Gasteiger partial charge is 0.466 e. The molecule has 1 N–H and O–H groups in total. The number of aryl methyl sites for hydroxylation is 2. The number of hydrogen-bond donors (Lipinski definition) is 1. The summed E-state index contributed by atoms with van der Waals surface area (Å²) in [6.45, 7) is 3.99. The fraction of sp³-hybridized carbons (Fsp3) is 0.333. The van der Waals surface area contributed by atoms with Crippen LogP contribution >= 0.6 is 27.3 Å². The predicted molar refractivity (Wildman–Crippen MR) is 71.1 cm³/mol. The molecule has 0 aliphatic carbocycles. The van der Waals surface area contributed by atoms with Crippen LogP contribution in [0.2, 0.25) is 0 Å². The van der Waals surface area contributed by atoms with E-state index in [1.807, 2.05) is 20.9 Å². The van der Waals surface area contributed by atoms with Gasteiger partial charge in [0, 0.05) is 14.9 Å². The molecule has 2 heterocycles. The van der Waals surface area contributed by atoms with Crippen molar-refractivity contribution in [3.8, 4) is 0 Å². The maximum Gasteiger partial charge on any atom is 0.106 e. The highest BCUT2D eigenvalue weighted by Crippen LogP contribution is 2.35. The molecule has 0 fully saturated rings. The minimum Gasteiger partial charge on any atom is -0.466 e. The van der Waals surface area contributed by atoms with Crippen LogP contribution in [-0.2, 0) is 0 Å². The van der Waals surface area contributed by atoms with Gasteiger partial charge in [0.15, 0.2) is 0 Å². The molecule has 2 nitrogen and oxygen atoms in total. The van der Waals surface area contributed by atoms with Gasteiger partial charge in [-0.3, -0.25) is 0 Å². The Hall–Kier alpha value is -0.580. The zero-order valence-corrected chi connectivity index (χ0v) is 11.9. The van der Waals surface area contributed by atoms with Crippen LogP contribution in [0, 0.1) is 13.8 Å². The van der Waals surface area contributed by atoms with Crippen LogP contribution < -0.4 is 5.32 Å². The van der Waals surface area contributed by atoms with Crippen molar-refractivity contribution in [3.63, 3.8) is 0 Å². The maximum atomic E-state index is 5.58. The van der Waals surface area contributed by atoms with E-state index in [1.165, 1.54) is 10.4 Å². The molecule has 0 amide bonds. The lowest BCUT2D eigenvalue weighted by Crippen LogP contribution is -2.17. The third kappa shape index (κ3) is 2.10. The van der Waals surface area contributed by atoms with Crippen molar-refractivity contribution in [1.82, 2.24) is 5.32 Å². The Labute approximate surface area is 108 Å². The van der Waals surface area contributed by atoms with E-state index in [4.69, 9.17) is 4.42 Å². The summed E-state index contributed by atoms with van der Waals surface area (Å²) in [4.78, 5) is 1.28. The first kappa shape index (κ1) is 11.9. The van der Waals surface area contributed by atoms with Crippen molar-refractivity contribution in [3.05, 3.63) is 43.9 Å². The highest BCUT2D eigenvalue weighted by Gasteiger charge is 2.20. The molecule has 0 aliphatic rings. The zero-order valence-electron chi connectivity index (χ0n) is 9.50. The highest BCUT2D eigenvalue weighted by atomic mass is 79.9. The molecule has 4 heteroatoms. The topological polar surface area (TPSA) is 25.2 Å². The average Bonchev–Trinajstić information content (AvgIpc) is 2.77. The number of halogens is 1. The first-order valence-corrected chi connectivity index (χ1v) is 6.78. The smallest absolute Gasteiger partial charge is 0.106 e. The van der Waals surface area contributed by atoms with Gasteiger partial charge in [0.2, 0.25) is 0 Å². The fourth-order valence-electron chi connectivity index (χ4n) is 1.88. The Morgan fingerprint density at radius 2 is 2.19 bits per heavy atom. The number of rotatable bonds is 3. The highest BCUT2D eigenvalue weighted by molar-refractivity contribution is 9.10. The molecule has 2 rings (SSSR count). The predicted octanol–water partition coefficient (Wildman–Crippen LogP) is 4.03. The zero-order chi connectivity index (χ0) is 11.7. The number of nitrogens with one attached hydrogen (secondary N) is 1. The molecule has 2 aromatic rings. The molecular weight excluding hydrogens is 286 g/mol. The third-order valence-electron chi connectivity index (χ3n) is 2.59. The fourth-order valence-corrected chi connectivity index (χ4v) is 3.61. The molecule has 1 atom stereocenters. The van der Waals surface area contributed by atoms with Gasteiger partial charge in [0.1, 0.15) is 11.5 Å². The summed E-state index contributed by atoms with van der Waals surface area (Å²) in [5.74, 6) is 1.94. The standard InChI is InChI=1S/C12H14BrNOS/c1-7-6-9(8(2)15-7)11(14-3)12-10(13)4-5-16-12/h4-6,11,14H,1-3H3. The Morgan fingerprint density at radius 1 is 1.44 bits per heavy atom. The normalized spacial score (nSPS) is 13.0. The summed E-state index contributed by atoms with van der Waals surface area (Å²) in [6, 6.07) is 4.38. The molecular formula is C12H14BrNOS. The van der Waals surface area contributed by atoms with Gasteiger partial charge >= 0.3 is 0 Å². The van der Waals surface area contributed by atoms with E-state index in [1.54, 1.807) is 11.3 Å². The van der Waals surface area contributed by atoms with Gasteiger partial charge in [0.05, 0.1) is 6.04 Å². The maximum absolute atomic E-state index is 5.58. The van der Waals surface area contributed by atoms with E-state index in [0.717, 1.165) is 16.0 Å². The molecule has 0 saturated carbocycles. The van der Waals surface area contributed by atoms with Crippen LogP contribution in [0.4, 0.5) is 0 Å². The SMILES string of the molecule is CNC(c1cc(C)oc1C)c1sccc1Br. The van der Waals surface area contributed by atoms with Crippen LogP contribution in [0.1, 0.15) is 28.0 Å². The summed E-state index contributed by atoms with van der Waals surface area (Å²) in [6.07, 6.45) is 0. The van der Waals surface area contributed by atoms with Crippen molar-refractivity contribution in [1.29, 1.82) is 0 Å². The van der Waals surface area contributed by atoms with Crippen LogP contribution in [0.25, 0.3) is 0 Å². The van der Waals surface area contributed by atoms with E-state index in [-0.39, 0.29) is 6.04 Å². The minimum atomic E-state index is 0.201. The average molecular weight is 300 g/mol. The van der Waals surface area contributed by atoms with Crippen molar-refractivity contribution >= 4 is 27.3 Å². The summed E-state index contributed by atoms with van der Waals surface area (Å²) >= 11 is 5.32. The van der Waals surface area contributed by atoms with Gasteiger partial charge in [-0.25, -0.2) is 0 Å². The van der Waals surface area contributed by atoms with Gasteiger partial charge < -0.3 is 9.73 Å². The second kappa shape index (κ2) is 4.73. The van der Waals surface area contributed by atoms with Crippen LogP contribution in [0.15, 0.2) is 26.4 Å². The Kier molecular flexibility index (Phi) is 3.52. The quantitative estimate of drug-likeness (QED) is 0.926. The Morgan fingerprint density at radius 3 is 2.62 bits per heavy atom. The first-order valence-electron chi connectivity index (χ1n) is 5.10. The molecule has 1 unspecified atom stereocenters. The van der Waals surface area contributed by atoms with Crippen molar-refractivity contribution < 1.29 is 4.42 Å². The van der Waals surface area contributed by atoms with Crippen molar-refractivity contribution in [2.45, 2.75) is 19.9 Å². The molecule has 0 bridgehead atoms. The monoisotopic (exact) mass is 299 g/mol. The van der Waals surface area contributed by atoms with Crippen LogP contribution in [0.3, 0.4) is 0 Å². The van der Waals surface area contributed by atoms with E-state index in [9.17, 15) is 0 Å². The number of furan rings is 1. The van der Waals surface area contributed by atoms with Gasteiger partial charge in [-0.15, -0.1) is 11.3 Å². The molecule has 0 saturated heterocycles. The first-order chi connectivity index (χ1) is 7.63. The lowest BCUT2D eigenvalue weighted by atomic mass is 10.1. The Balaban J connectivity index is 2.44. The molecule has 0 aliphatic heterocycles. The molecule has 0 spiro atoms. The number of hydrogen-bond acceptors (Lipinski definition) is 3. The van der Waals surface area contributed by atoms with Gasteiger partial charge in [-0.2, -0.15) is 0 Å². The van der Waals surface area contributed by atoms with E-state index < -0.39 is 0 Å². The molecule has 0 aromatic carbocycles. The van der Waals surface area contributed by atoms with E-state index >= 15 is 0 Å². The lowest BCUT2D eigenvalue weighted by Gasteiger charge is -2.14. The molecule has 86 valence electrons. The van der Waals surface area contributed by atoms with Crippen molar-refractivity contribution in [2.75, 3.05) is 7.05 Å². The second-order valence-electron chi connectivity index (χ2n) is 3.72. The summed E-state index contributed by atoms with van der Waals surface area (Å²) in [5.41, 5.74) is 1.21. The summed E-state index contributed by atoms with van der Waals surface area (Å²) in [5, 5.41) is 5.43. The third-order valence-corrected chi connectivity index (χ3v) is 4.52. The minimum absolute atomic E-state index is 0.201. The molecule has 2 aromatic heterocycles. The summed E-state index contributed by atoms with van der Waals surface area (Å²) < 4.78 is 6.73. The van der Waals surface area contributed by atoms with Gasteiger partial charge in [0.25, 0.3) is 0 Å². The van der Waals surface area contributed by atoms with Crippen LogP contribution in [0.5, 0.6) is 0 Å². The molecule has 0 radical (unpaired) electrons. The second-order valence-corrected chi connectivity index (χ2v) is 5.53. The Bertz CT molecular complexity index is 489. The van der Waals surface area contributed by atoms with Crippen molar-refractivity contribution in [2.24, 2.45) is 0 Å². The van der Waals surface area contributed by atoms with Gasteiger partial charge in [-0.1, -0.05) is 0 Å². The van der Waals surface area contributed by atoms with Gasteiger partial charge in [-0.05, 0) is 54.3 Å². The van der Waals surface area contributed by atoms with E-state index in [0.29, 0.717) is 0 Å². The summed E-state index contributed by atoms with van der Waals surface area (Å²) in [7, 11) is 1.97. The number of thiophene rings is 1. The molecule has 16 heavy (non-hydrogen) atoms.